The van der Waals surface area contributed by atoms with E-state index < -0.39 is 5.92 Å². The minimum atomic E-state index is -2.54. The zero-order chi connectivity index (χ0) is 23.7. The lowest BCUT2D eigenvalue weighted by molar-refractivity contribution is -0.116. The molecule has 180 valence electrons. The molecular weight excluding hydrogens is 506 g/mol. The van der Waals surface area contributed by atoms with E-state index in [1.165, 1.54) is 18.4 Å². The lowest BCUT2D eigenvalue weighted by Crippen LogP contribution is -2.41. The van der Waals surface area contributed by atoms with Gasteiger partial charge in [0.2, 0.25) is 0 Å². The van der Waals surface area contributed by atoms with E-state index in [0.29, 0.717) is 56.0 Å². The topological polar surface area (TPSA) is 42.0 Å². The average molecular weight is 533 g/mol. The summed E-state index contributed by atoms with van der Waals surface area (Å²) in [7, 11) is 0. The first-order chi connectivity index (χ1) is 16.4. The van der Waals surface area contributed by atoms with Crippen molar-refractivity contribution in [3.05, 3.63) is 64.3 Å². The number of alkyl halides is 2. The molecule has 8 heteroatoms. The van der Waals surface area contributed by atoms with Crippen molar-refractivity contribution < 1.29 is 23.0 Å². The van der Waals surface area contributed by atoms with E-state index >= 15 is 0 Å². The number of carbonyl (C=O) groups is 1. The molecule has 5 nitrogen and oxygen atoms in total. The highest BCUT2D eigenvalue weighted by Gasteiger charge is 2.33. The third kappa shape index (κ3) is 5.44. The second-order valence-electron chi connectivity index (χ2n) is 9.09. The van der Waals surface area contributed by atoms with E-state index in [4.69, 9.17) is 9.47 Å². The average Bonchev–Trinajstić information content (AvgIpc) is 3.61. The number of nitrogens with zero attached hydrogens (tertiary/aromatic N) is 2. The molecule has 5 rings (SSSR count). The summed E-state index contributed by atoms with van der Waals surface area (Å²) in [6.07, 6.45) is 4.09. The molecule has 0 N–H and O–H groups in total. The molecule has 0 unspecified atom stereocenters. The Hall–Kier alpha value is -2.45. The number of ether oxygens (including phenoxy) is 2. The molecular formula is C26H27BrF2N2O3. The molecule has 3 aliphatic rings. The van der Waals surface area contributed by atoms with Gasteiger partial charge in [0.15, 0.2) is 5.76 Å². The van der Waals surface area contributed by atoms with Crippen molar-refractivity contribution in [3.63, 3.8) is 0 Å². The molecule has 0 bridgehead atoms. The summed E-state index contributed by atoms with van der Waals surface area (Å²) in [5, 5.41) is 0. The zero-order valence-corrected chi connectivity index (χ0v) is 20.4. The number of anilines is 1. The number of hydrogen-bond acceptors (Lipinski definition) is 4. The summed E-state index contributed by atoms with van der Waals surface area (Å²) < 4.78 is 39.0. The van der Waals surface area contributed by atoms with Crippen molar-refractivity contribution in [1.82, 2.24) is 4.90 Å². The van der Waals surface area contributed by atoms with Gasteiger partial charge in [-0.05, 0) is 76.7 Å². The third-order valence-corrected chi connectivity index (χ3v) is 7.17. The molecule has 2 aliphatic heterocycles. The van der Waals surface area contributed by atoms with Crippen LogP contribution in [0.4, 0.5) is 14.5 Å². The van der Waals surface area contributed by atoms with E-state index in [9.17, 15) is 13.6 Å². The van der Waals surface area contributed by atoms with E-state index in [0.717, 1.165) is 10.2 Å². The molecule has 1 aliphatic carbocycles. The van der Waals surface area contributed by atoms with Gasteiger partial charge in [0.05, 0.1) is 4.47 Å². The van der Waals surface area contributed by atoms with Gasteiger partial charge in [-0.3, -0.25) is 9.69 Å². The fourth-order valence-electron chi connectivity index (χ4n) is 4.30. The van der Waals surface area contributed by atoms with Gasteiger partial charge in [-0.1, -0.05) is 12.1 Å². The normalized spacial score (nSPS) is 20.4. The number of amides is 1. The molecule has 2 aromatic rings. The first-order valence-electron chi connectivity index (χ1n) is 11.7. The maximum atomic E-state index is 13.3. The lowest BCUT2D eigenvalue weighted by Gasteiger charge is -2.31. The summed E-state index contributed by atoms with van der Waals surface area (Å²) in [5.74, 6) is -0.411. The summed E-state index contributed by atoms with van der Waals surface area (Å²) in [6.45, 7) is 2.21. The molecule has 2 aromatic carbocycles. The maximum Gasteiger partial charge on any atom is 0.294 e. The number of carbonyl (C=O) groups excluding carboxylic acids is 1. The molecule has 34 heavy (non-hydrogen) atoms. The Morgan fingerprint density at radius 1 is 1.06 bits per heavy atom. The molecule has 0 radical (unpaired) electrons. The highest BCUT2D eigenvalue weighted by molar-refractivity contribution is 9.10. The molecule has 2 heterocycles. The second kappa shape index (κ2) is 9.66. The highest BCUT2D eigenvalue weighted by Crippen LogP contribution is 2.40. The van der Waals surface area contributed by atoms with Crippen molar-refractivity contribution in [2.45, 2.75) is 37.5 Å². The second-order valence-corrected chi connectivity index (χ2v) is 9.94. The van der Waals surface area contributed by atoms with Crippen LogP contribution in [0.3, 0.4) is 0 Å². The number of hydrogen-bond donors (Lipinski definition) is 0. The molecule has 0 aromatic heterocycles. The van der Waals surface area contributed by atoms with Gasteiger partial charge < -0.3 is 14.4 Å². The van der Waals surface area contributed by atoms with Crippen molar-refractivity contribution in [1.29, 1.82) is 0 Å². The Balaban J connectivity index is 1.13. The van der Waals surface area contributed by atoms with E-state index in [1.807, 2.05) is 35.2 Å². The molecule has 1 saturated carbocycles. The first kappa shape index (κ1) is 23.3. The van der Waals surface area contributed by atoms with Gasteiger partial charge >= 0.3 is 0 Å². The van der Waals surface area contributed by atoms with Gasteiger partial charge in [0.25, 0.3) is 11.8 Å². The Morgan fingerprint density at radius 3 is 2.47 bits per heavy atom. The van der Waals surface area contributed by atoms with Crippen LogP contribution < -0.4 is 14.4 Å². The fraction of sp³-hybridized carbons (Fsp3) is 0.423. The monoisotopic (exact) mass is 532 g/mol. The van der Waals surface area contributed by atoms with Crippen molar-refractivity contribution in [2.24, 2.45) is 0 Å². The Labute approximate surface area is 206 Å². The Kier molecular flexibility index (Phi) is 6.62. The summed E-state index contributed by atoms with van der Waals surface area (Å²) in [6, 6.07) is 13.5. The Bertz CT molecular complexity index is 1080. The van der Waals surface area contributed by atoms with Gasteiger partial charge in [-0.25, -0.2) is 8.78 Å². The van der Waals surface area contributed by atoms with Gasteiger partial charge in [-0.2, -0.15) is 0 Å². The summed E-state index contributed by atoms with van der Waals surface area (Å²) >= 11 is 3.52. The number of halogens is 3. The predicted molar refractivity (Wildman–Crippen MR) is 130 cm³/mol. The van der Waals surface area contributed by atoms with Gasteiger partial charge in [-0.15, -0.1) is 0 Å². The van der Waals surface area contributed by atoms with E-state index in [1.54, 1.807) is 11.0 Å². The smallest absolute Gasteiger partial charge is 0.294 e. The summed E-state index contributed by atoms with van der Waals surface area (Å²) in [4.78, 5) is 16.6. The highest BCUT2D eigenvalue weighted by atomic mass is 79.9. The number of benzene rings is 2. The standard InChI is InChI=1S/C26H27BrF2N2O3/c27-22-17-20(5-8-23(22)33-16-15-30-13-10-26(28,29)11-14-30)31-12-9-24(25(31)32)34-21-6-3-19(4-7-21)18-1-2-18/h3-9,17-18H,1-2,10-16H2. The molecule has 0 atom stereocenters. The van der Waals surface area contributed by atoms with E-state index in [2.05, 4.69) is 28.1 Å². The van der Waals surface area contributed by atoms with Crippen LogP contribution in [0, 0.1) is 0 Å². The summed E-state index contributed by atoms with van der Waals surface area (Å²) in [5.41, 5.74) is 2.06. The van der Waals surface area contributed by atoms with Crippen LogP contribution in [-0.2, 0) is 4.79 Å². The van der Waals surface area contributed by atoms with Gasteiger partial charge in [0.1, 0.15) is 18.1 Å². The van der Waals surface area contributed by atoms with Crippen LogP contribution in [0.2, 0.25) is 0 Å². The van der Waals surface area contributed by atoms with Crippen LogP contribution in [-0.4, -0.2) is 49.5 Å². The first-order valence-corrected chi connectivity index (χ1v) is 12.5. The molecule has 0 spiro atoms. The minimum absolute atomic E-state index is 0.0965. The molecule has 1 amide bonds. The molecule has 2 fully saturated rings. The zero-order valence-electron chi connectivity index (χ0n) is 18.8. The Morgan fingerprint density at radius 2 is 1.79 bits per heavy atom. The van der Waals surface area contributed by atoms with E-state index in [-0.39, 0.29) is 18.7 Å². The number of piperidine rings is 1. The van der Waals surface area contributed by atoms with Crippen molar-refractivity contribution >= 4 is 27.5 Å². The van der Waals surface area contributed by atoms with Crippen molar-refractivity contribution in [2.75, 3.05) is 37.7 Å². The largest absolute Gasteiger partial charge is 0.491 e. The minimum Gasteiger partial charge on any atom is -0.491 e. The van der Waals surface area contributed by atoms with Crippen LogP contribution in [0.1, 0.15) is 37.2 Å². The predicted octanol–water partition coefficient (Wildman–Crippen LogP) is 5.75. The quantitative estimate of drug-likeness (QED) is 0.434. The molecule has 1 saturated heterocycles. The van der Waals surface area contributed by atoms with Crippen LogP contribution >= 0.6 is 15.9 Å². The number of likely N-dealkylation sites (tertiary alicyclic amines) is 1. The van der Waals surface area contributed by atoms with Crippen molar-refractivity contribution in [3.8, 4) is 11.5 Å². The van der Waals surface area contributed by atoms with Crippen LogP contribution in [0.25, 0.3) is 0 Å². The van der Waals surface area contributed by atoms with Crippen LogP contribution in [0.5, 0.6) is 11.5 Å². The van der Waals surface area contributed by atoms with Gasteiger partial charge in [0, 0.05) is 44.7 Å². The fourth-order valence-corrected chi connectivity index (χ4v) is 4.78. The third-order valence-electron chi connectivity index (χ3n) is 6.55. The maximum absolute atomic E-state index is 13.3. The number of rotatable bonds is 8. The SMILES string of the molecule is O=C1C(Oc2ccc(C3CC3)cc2)=CCN1c1ccc(OCCN2CCC(F)(F)CC2)c(Br)c1. The lowest BCUT2D eigenvalue weighted by atomic mass is 10.1. The van der Waals surface area contributed by atoms with Crippen LogP contribution in [0.15, 0.2) is 58.8 Å².